The van der Waals surface area contributed by atoms with Crippen molar-refractivity contribution >= 4 is 11.9 Å². The van der Waals surface area contributed by atoms with Gasteiger partial charge in [0.05, 0.1) is 14.2 Å². The molecule has 1 saturated carbocycles. The molecule has 0 N–H and O–H groups in total. The summed E-state index contributed by atoms with van der Waals surface area (Å²) in [6.07, 6.45) is 7.51. The van der Waals surface area contributed by atoms with E-state index in [9.17, 15) is 14.0 Å². The minimum absolute atomic E-state index is 0.525. The SMILES string of the molecule is CCCCCC1CCC(C(F)(C(=O)OC)C(=O)OC)CC1. The van der Waals surface area contributed by atoms with E-state index in [0.717, 1.165) is 33.5 Å². The van der Waals surface area contributed by atoms with Crippen LogP contribution in [0.3, 0.4) is 0 Å². The van der Waals surface area contributed by atoms with Crippen LogP contribution in [0.5, 0.6) is 0 Å². The average molecular weight is 302 g/mol. The van der Waals surface area contributed by atoms with Crippen LogP contribution in [-0.2, 0) is 19.1 Å². The highest BCUT2D eigenvalue weighted by molar-refractivity contribution is 6.03. The molecular formula is C16H27FO4. The summed E-state index contributed by atoms with van der Waals surface area (Å²) in [5.41, 5.74) is -2.65. The Balaban J connectivity index is 2.64. The Morgan fingerprint density at radius 2 is 1.57 bits per heavy atom. The van der Waals surface area contributed by atoms with Crippen molar-refractivity contribution in [3.05, 3.63) is 0 Å². The summed E-state index contributed by atoms with van der Waals surface area (Å²) >= 11 is 0. The van der Waals surface area contributed by atoms with Crippen LogP contribution >= 0.6 is 0 Å². The third-order valence-corrected chi connectivity index (χ3v) is 4.59. The molecule has 0 atom stereocenters. The molecule has 0 heterocycles. The maximum absolute atomic E-state index is 14.9. The molecule has 1 fully saturated rings. The lowest BCUT2D eigenvalue weighted by molar-refractivity contribution is -0.178. The van der Waals surface area contributed by atoms with E-state index in [0.29, 0.717) is 18.8 Å². The standard InChI is InChI=1S/C16H27FO4/c1-4-5-6-7-12-8-10-13(11-9-12)16(17,14(18)20-2)15(19)21-3/h12-13H,4-11H2,1-3H3. The Morgan fingerprint density at radius 3 is 2.00 bits per heavy atom. The largest absolute Gasteiger partial charge is 0.466 e. The predicted octanol–water partition coefficient (Wildman–Crippen LogP) is 3.43. The molecule has 0 aliphatic heterocycles. The van der Waals surface area contributed by atoms with E-state index in [2.05, 4.69) is 16.4 Å². The molecule has 1 aliphatic rings. The van der Waals surface area contributed by atoms with E-state index in [1.807, 2.05) is 0 Å². The first-order chi connectivity index (χ1) is 10.00. The van der Waals surface area contributed by atoms with E-state index in [1.165, 1.54) is 19.3 Å². The summed E-state index contributed by atoms with van der Waals surface area (Å²) in [7, 11) is 2.19. The minimum Gasteiger partial charge on any atom is -0.466 e. The van der Waals surface area contributed by atoms with Gasteiger partial charge in [0.1, 0.15) is 0 Å². The quantitative estimate of drug-likeness (QED) is 0.411. The van der Waals surface area contributed by atoms with Crippen LogP contribution in [0, 0.1) is 11.8 Å². The summed E-state index contributed by atoms with van der Waals surface area (Å²) in [5.74, 6) is -2.33. The number of halogens is 1. The second-order valence-corrected chi connectivity index (χ2v) is 5.91. The van der Waals surface area contributed by atoms with Gasteiger partial charge in [-0.2, -0.15) is 0 Å². The smallest absolute Gasteiger partial charge is 0.355 e. The number of ether oxygens (including phenoxy) is 2. The number of hydrogen-bond donors (Lipinski definition) is 0. The molecule has 0 aromatic carbocycles. The zero-order valence-electron chi connectivity index (χ0n) is 13.3. The summed E-state index contributed by atoms with van der Waals surface area (Å²) in [5, 5.41) is 0. The second-order valence-electron chi connectivity index (χ2n) is 5.91. The lowest BCUT2D eigenvalue weighted by Crippen LogP contribution is -2.51. The van der Waals surface area contributed by atoms with Gasteiger partial charge in [0, 0.05) is 5.92 Å². The predicted molar refractivity (Wildman–Crippen MR) is 77.5 cm³/mol. The van der Waals surface area contributed by atoms with Crippen LogP contribution in [-0.4, -0.2) is 31.8 Å². The Bertz CT molecular complexity index is 332. The number of unbranched alkanes of at least 4 members (excludes halogenated alkanes) is 2. The fourth-order valence-electron chi connectivity index (χ4n) is 3.25. The van der Waals surface area contributed by atoms with E-state index in [4.69, 9.17) is 0 Å². The lowest BCUT2D eigenvalue weighted by Gasteiger charge is -2.34. The Hall–Kier alpha value is -1.13. The van der Waals surface area contributed by atoms with Crippen LogP contribution in [0.2, 0.25) is 0 Å². The highest BCUT2D eigenvalue weighted by Crippen LogP contribution is 2.40. The first-order valence-electron chi connectivity index (χ1n) is 7.86. The number of alkyl halides is 1. The Morgan fingerprint density at radius 1 is 1.05 bits per heavy atom. The Kier molecular flexibility index (Phi) is 7.12. The topological polar surface area (TPSA) is 52.6 Å². The van der Waals surface area contributed by atoms with Gasteiger partial charge in [-0.1, -0.05) is 45.4 Å². The number of carbonyl (C=O) groups is 2. The molecule has 0 radical (unpaired) electrons. The maximum Gasteiger partial charge on any atom is 0.355 e. The number of esters is 2. The van der Waals surface area contributed by atoms with Crippen LogP contribution < -0.4 is 0 Å². The van der Waals surface area contributed by atoms with E-state index in [1.54, 1.807) is 0 Å². The van der Waals surface area contributed by atoms with Crippen molar-refractivity contribution in [1.82, 2.24) is 0 Å². The van der Waals surface area contributed by atoms with Gasteiger partial charge in [-0.05, 0) is 18.8 Å². The molecule has 5 heteroatoms. The molecule has 122 valence electrons. The summed E-state index contributed by atoms with van der Waals surface area (Å²) in [4.78, 5) is 23.5. The van der Waals surface area contributed by atoms with Crippen molar-refractivity contribution in [1.29, 1.82) is 0 Å². The fourth-order valence-corrected chi connectivity index (χ4v) is 3.25. The van der Waals surface area contributed by atoms with Gasteiger partial charge in [-0.15, -0.1) is 0 Å². The molecule has 21 heavy (non-hydrogen) atoms. The third-order valence-electron chi connectivity index (χ3n) is 4.59. The number of hydrogen-bond acceptors (Lipinski definition) is 4. The molecule has 0 unspecified atom stereocenters. The van der Waals surface area contributed by atoms with Gasteiger partial charge < -0.3 is 9.47 Å². The highest BCUT2D eigenvalue weighted by Gasteiger charge is 2.56. The number of methoxy groups -OCH3 is 2. The van der Waals surface area contributed by atoms with E-state index >= 15 is 0 Å². The maximum atomic E-state index is 14.9. The first-order valence-corrected chi connectivity index (χ1v) is 7.86. The van der Waals surface area contributed by atoms with Crippen molar-refractivity contribution in [3.63, 3.8) is 0 Å². The molecule has 1 rings (SSSR count). The minimum atomic E-state index is -2.65. The zero-order valence-corrected chi connectivity index (χ0v) is 13.3. The number of rotatable bonds is 7. The molecule has 0 aromatic heterocycles. The van der Waals surface area contributed by atoms with Gasteiger partial charge in [0.2, 0.25) is 0 Å². The molecule has 0 saturated heterocycles. The fraction of sp³-hybridized carbons (Fsp3) is 0.875. The third kappa shape index (κ3) is 4.17. The molecule has 0 bridgehead atoms. The second kappa shape index (κ2) is 8.35. The zero-order chi connectivity index (χ0) is 15.9. The molecular weight excluding hydrogens is 275 g/mol. The van der Waals surface area contributed by atoms with Crippen molar-refractivity contribution in [2.24, 2.45) is 11.8 Å². The van der Waals surface area contributed by atoms with Crippen LogP contribution in [0.4, 0.5) is 4.39 Å². The van der Waals surface area contributed by atoms with Crippen molar-refractivity contribution < 1.29 is 23.5 Å². The van der Waals surface area contributed by atoms with Gasteiger partial charge in [-0.25, -0.2) is 14.0 Å². The average Bonchev–Trinajstić information content (AvgIpc) is 2.53. The summed E-state index contributed by atoms with van der Waals surface area (Å²) in [6.45, 7) is 2.17. The summed E-state index contributed by atoms with van der Waals surface area (Å²) < 4.78 is 23.9. The molecule has 4 nitrogen and oxygen atoms in total. The van der Waals surface area contributed by atoms with Gasteiger partial charge in [0.15, 0.2) is 0 Å². The molecule has 1 aliphatic carbocycles. The Labute approximate surface area is 126 Å². The van der Waals surface area contributed by atoms with Crippen molar-refractivity contribution in [3.8, 4) is 0 Å². The van der Waals surface area contributed by atoms with Crippen LogP contribution in [0.25, 0.3) is 0 Å². The van der Waals surface area contributed by atoms with Crippen LogP contribution in [0.1, 0.15) is 58.3 Å². The lowest BCUT2D eigenvalue weighted by atomic mass is 9.73. The molecule has 0 amide bonds. The first kappa shape index (κ1) is 17.9. The normalized spacial score (nSPS) is 22.7. The monoisotopic (exact) mass is 302 g/mol. The van der Waals surface area contributed by atoms with E-state index in [-0.39, 0.29) is 0 Å². The molecule has 0 aromatic rings. The highest BCUT2D eigenvalue weighted by atomic mass is 19.1. The van der Waals surface area contributed by atoms with Crippen molar-refractivity contribution in [2.75, 3.05) is 14.2 Å². The number of carbonyl (C=O) groups excluding carboxylic acids is 2. The van der Waals surface area contributed by atoms with Gasteiger partial charge >= 0.3 is 17.6 Å². The van der Waals surface area contributed by atoms with Gasteiger partial charge in [0.25, 0.3) is 0 Å². The summed E-state index contributed by atoms with van der Waals surface area (Å²) in [6, 6.07) is 0. The molecule has 0 spiro atoms. The van der Waals surface area contributed by atoms with Crippen LogP contribution in [0.15, 0.2) is 0 Å². The van der Waals surface area contributed by atoms with E-state index < -0.39 is 23.5 Å². The van der Waals surface area contributed by atoms with Crippen molar-refractivity contribution in [2.45, 2.75) is 64.0 Å². The van der Waals surface area contributed by atoms with Gasteiger partial charge in [-0.3, -0.25) is 0 Å².